The summed E-state index contributed by atoms with van der Waals surface area (Å²) in [7, 11) is -4.45. The summed E-state index contributed by atoms with van der Waals surface area (Å²) in [5.74, 6) is -0.0478. The van der Waals surface area contributed by atoms with Crippen LogP contribution in [0.3, 0.4) is 0 Å². The van der Waals surface area contributed by atoms with Crippen molar-refractivity contribution < 1.29 is 18.4 Å². The summed E-state index contributed by atoms with van der Waals surface area (Å²) in [6.07, 6.45) is 2.48. The first-order valence-corrected chi connectivity index (χ1v) is 18.6. The van der Waals surface area contributed by atoms with Gasteiger partial charge >= 0.3 is 0 Å². The Hall–Kier alpha value is -1.58. The van der Waals surface area contributed by atoms with Gasteiger partial charge in [-0.15, -0.1) is 0 Å². The lowest BCUT2D eigenvalue weighted by atomic mass is 10.0. The summed E-state index contributed by atoms with van der Waals surface area (Å²) in [6.45, 7) is 16.2. The zero-order chi connectivity index (χ0) is 27.1. The highest BCUT2D eigenvalue weighted by molar-refractivity contribution is 6.99. The third kappa shape index (κ3) is 6.71. The summed E-state index contributed by atoms with van der Waals surface area (Å²) in [6, 6.07) is 24.8. The van der Waals surface area contributed by atoms with E-state index < -0.39 is 16.6 Å². The first-order chi connectivity index (χ1) is 17.6. The fourth-order valence-electron chi connectivity index (χ4n) is 5.96. The fraction of sp³-hybridized carbons (Fsp3) is 0.581. The van der Waals surface area contributed by atoms with E-state index in [1.165, 1.54) is 10.4 Å². The van der Waals surface area contributed by atoms with Gasteiger partial charge in [-0.2, -0.15) is 0 Å². The number of benzene rings is 2. The second-order valence-electron chi connectivity index (χ2n) is 11.8. The van der Waals surface area contributed by atoms with E-state index in [9.17, 15) is 4.79 Å². The van der Waals surface area contributed by atoms with Gasteiger partial charge in [-0.1, -0.05) is 109 Å². The summed E-state index contributed by atoms with van der Waals surface area (Å²) in [5.41, 5.74) is 0. The number of hydrogen-bond donors (Lipinski definition) is 0. The van der Waals surface area contributed by atoms with Crippen LogP contribution in [0.5, 0.6) is 0 Å². The lowest BCUT2D eigenvalue weighted by Gasteiger charge is -2.43. The topological polar surface area (TPSA) is 44.8 Å². The van der Waals surface area contributed by atoms with Crippen molar-refractivity contribution in [2.24, 2.45) is 5.92 Å². The van der Waals surface area contributed by atoms with Gasteiger partial charge in [0.15, 0.2) is 8.32 Å². The van der Waals surface area contributed by atoms with Gasteiger partial charge in [-0.05, 0) is 40.0 Å². The molecule has 0 spiro atoms. The molecule has 0 unspecified atom stereocenters. The van der Waals surface area contributed by atoms with E-state index >= 15 is 0 Å². The molecule has 0 N–H and O–H groups in total. The Morgan fingerprint density at radius 1 is 0.946 bits per heavy atom. The van der Waals surface area contributed by atoms with Crippen molar-refractivity contribution in [2.45, 2.75) is 103 Å². The first-order valence-electron chi connectivity index (χ1n) is 14.2. The lowest BCUT2D eigenvalue weighted by Crippen LogP contribution is -2.67. The summed E-state index contributed by atoms with van der Waals surface area (Å²) in [4.78, 5) is 11.5. The largest absolute Gasteiger partial charge is 0.411 e. The maximum atomic E-state index is 11.5. The number of carbonyl (C=O) groups is 1. The molecule has 37 heavy (non-hydrogen) atoms. The van der Waals surface area contributed by atoms with Crippen molar-refractivity contribution in [3.63, 3.8) is 0 Å². The van der Waals surface area contributed by atoms with Crippen molar-refractivity contribution in [2.75, 3.05) is 6.61 Å². The summed E-state index contributed by atoms with van der Waals surface area (Å²) < 4.78 is 20.8. The van der Waals surface area contributed by atoms with Crippen LogP contribution in [0.1, 0.15) is 61.3 Å². The van der Waals surface area contributed by atoms with Crippen molar-refractivity contribution in [3.05, 3.63) is 60.7 Å². The predicted molar refractivity (Wildman–Crippen MR) is 159 cm³/mol. The molecular formula is C31H48O4Si2. The third-order valence-electron chi connectivity index (χ3n) is 8.35. The quantitative estimate of drug-likeness (QED) is 0.220. The van der Waals surface area contributed by atoms with Crippen LogP contribution < -0.4 is 10.4 Å². The average Bonchev–Trinajstić information content (AvgIpc) is 3.28. The van der Waals surface area contributed by atoms with Gasteiger partial charge in [0.25, 0.3) is 8.32 Å². The Balaban J connectivity index is 1.91. The van der Waals surface area contributed by atoms with Gasteiger partial charge in [0.05, 0.1) is 24.9 Å². The molecule has 1 aliphatic rings. The molecule has 0 radical (unpaired) electrons. The van der Waals surface area contributed by atoms with E-state index in [1.54, 1.807) is 0 Å². The molecule has 1 heterocycles. The molecule has 4 atom stereocenters. The minimum absolute atomic E-state index is 0.0293. The maximum absolute atomic E-state index is 11.5. The minimum Gasteiger partial charge on any atom is -0.411 e. The average molecular weight is 541 g/mol. The van der Waals surface area contributed by atoms with Gasteiger partial charge in [0, 0.05) is 12.3 Å². The van der Waals surface area contributed by atoms with Gasteiger partial charge in [0.2, 0.25) is 0 Å². The van der Waals surface area contributed by atoms with Crippen molar-refractivity contribution in [3.8, 4) is 0 Å². The molecule has 2 aromatic rings. The molecule has 0 amide bonds. The molecular weight excluding hydrogens is 493 g/mol. The smallest absolute Gasteiger partial charge is 0.261 e. The second kappa shape index (κ2) is 13.0. The SMILES string of the molecule is CC[Si](CC)(CC)O[C@@H]1C[C@H](CO[Si](c2ccccc2)(c2ccccc2)C(C)(C)C)O[C@@H]1C[C@@H](C)C=O. The van der Waals surface area contributed by atoms with Crippen LogP contribution in [0.2, 0.25) is 23.2 Å². The number of hydrogen-bond acceptors (Lipinski definition) is 4. The van der Waals surface area contributed by atoms with Crippen LogP contribution in [0.15, 0.2) is 60.7 Å². The van der Waals surface area contributed by atoms with Crippen LogP contribution in [0, 0.1) is 5.92 Å². The van der Waals surface area contributed by atoms with Crippen molar-refractivity contribution >= 4 is 33.3 Å². The van der Waals surface area contributed by atoms with Crippen LogP contribution >= 0.6 is 0 Å². The molecule has 204 valence electrons. The normalized spacial score (nSPS) is 21.6. The van der Waals surface area contributed by atoms with E-state index in [0.29, 0.717) is 13.0 Å². The molecule has 0 bridgehead atoms. The second-order valence-corrected chi connectivity index (χ2v) is 20.8. The Morgan fingerprint density at radius 2 is 1.46 bits per heavy atom. The van der Waals surface area contributed by atoms with Gasteiger partial charge in [0.1, 0.15) is 6.29 Å². The number of ether oxygens (including phenoxy) is 1. The molecule has 4 nitrogen and oxygen atoms in total. The Morgan fingerprint density at radius 3 is 1.89 bits per heavy atom. The molecule has 0 saturated carbocycles. The Labute approximate surface area is 227 Å². The molecule has 6 heteroatoms. The van der Waals surface area contributed by atoms with E-state index in [-0.39, 0.29) is 29.3 Å². The van der Waals surface area contributed by atoms with E-state index in [4.69, 9.17) is 13.6 Å². The number of rotatable bonds is 13. The first kappa shape index (κ1) is 30.0. The predicted octanol–water partition coefficient (Wildman–Crippen LogP) is 6.34. The highest BCUT2D eigenvalue weighted by atomic mass is 28.4. The third-order valence-corrected chi connectivity index (χ3v) is 18.0. The van der Waals surface area contributed by atoms with Gasteiger partial charge in [-0.3, -0.25) is 0 Å². The Kier molecular flexibility index (Phi) is 10.5. The molecule has 1 saturated heterocycles. The van der Waals surface area contributed by atoms with E-state index in [0.717, 1.165) is 30.8 Å². The van der Waals surface area contributed by atoms with Gasteiger partial charge < -0.3 is 18.4 Å². The lowest BCUT2D eigenvalue weighted by molar-refractivity contribution is -0.112. The van der Waals surface area contributed by atoms with Crippen LogP contribution in [0.4, 0.5) is 0 Å². The molecule has 1 aliphatic heterocycles. The minimum atomic E-state index is -2.64. The summed E-state index contributed by atoms with van der Waals surface area (Å²) >= 11 is 0. The van der Waals surface area contributed by atoms with Crippen molar-refractivity contribution in [1.82, 2.24) is 0 Å². The highest BCUT2D eigenvalue weighted by Crippen LogP contribution is 2.38. The molecule has 1 fully saturated rings. The van der Waals surface area contributed by atoms with Crippen LogP contribution in [-0.2, 0) is 18.4 Å². The van der Waals surface area contributed by atoms with Crippen molar-refractivity contribution in [1.29, 1.82) is 0 Å². The zero-order valence-electron chi connectivity index (χ0n) is 24.0. The maximum Gasteiger partial charge on any atom is 0.261 e. The number of aldehydes is 1. The van der Waals surface area contributed by atoms with Crippen LogP contribution in [0.25, 0.3) is 0 Å². The molecule has 0 aromatic heterocycles. The standard InChI is InChI=1S/C31H48O4Si2/c1-8-36(9-2,10-3)35-30-22-26(34-29(30)21-25(4)23-32)24-33-37(31(5,6)7,27-17-13-11-14-18-27)28-19-15-12-16-20-28/h11-20,23,25-26,29-30H,8-10,21-22,24H2,1-7H3/t25-,26-,29-,30-/m1/s1. The highest BCUT2D eigenvalue weighted by Gasteiger charge is 2.51. The fourth-order valence-corrected chi connectivity index (χ4v) is 13.4. The van der Waals surface area contributed by atoms with Crippen LogP contribution in [-0.4, -0.2) is 47.8 Å². The summed E-state index contributed by atoms with van der Waals surface area (Å²) in [5, 5.41) is 2.48. The molecule has 0 aliphatic carbocycles. The monoisotopic (exact) mass is 540 g/mol. The molecule has 3 rings (SSSR count). The number of carbonyl (C=O) groups excluding carboxylic acids is 1. The molecule has 2 aromatic carbocycles. The van der Waals surface area contributed by atoms with E-state index in [2.05, 4.69) is 102 Å². The van der Waals surface area contributed by atoms with E-state index in [1.807, 2.05) is 6.92 Å². The zero-order valence-corrected chi connectivity index (χ0v) is 26.0. The van der Waals surface area contributed by atoms with Gasteiger partial charge in [-0.25, -0.2) is 0 Å². The Bertz CT molecular complexity index is 908.